The Balaban J connectivity index is 3.31. The number of halogens is 3. The van der Waals surface area contributed by atoms with E-state index in [1.165, 1.54) is 0 Å². The van der Waals surface area contributed by atoms with E-state index in [9.17, 15) is 13.2 Å². The molecule has 1 N–H and O–H groups in total. The molecule has 3 nitrogen and oxygen atoms in total. The highest BCUT2D eigenvalue weighted by Crippen LogP contribution is 2.14. The maximum atomic E-state index is 11.6. The molecule has 1 unspecified atom stereocenters. The van der Waals surface area contributed by atoms with Gasteiger partial charge in [0.15, 0.2) is 0 Å². The Morgan fingerprint density at radius 3 is 2.47 bits per heavy atom. The highest BCUT2D eigenvalue weighted by atomic mass is 19.4. The lowest BCUT2D eigenvalue weighted by Gasteiger charge is -2.18. The number of likely N-dealkylation sites (N-methyl/N-ethyl adjacent to an activating group) is 1. The summed E-state index contributed by atoms with van der Waals surface area (Å²) in [4.78, 5) is 1.85. The Hall–Kier alpha value is -0.330. The second-order valence-electron chi connectivity index (χ2n) is 3.63. The summed E-state index contributed by atoms with van der Waals surface area (Å²) in [6.07, 6.45) is -4.14. The molecule has 0 amide bonds. The molecule has 92 valence electrons. The van der Waals surface area contributed by atoms with Crippen LogP contribution in [0.4, 0.5) is 13.2 Å². The quantitative estimate of drug-likeness (QED) is 0.667. The summed E-state index contributed by atoms with van der Waals surface area (Å²) >= 11 is 0. The monoisotopic (exact) mass is 229 g/mol. The van der Waals surface area contributed by atoms with Crippen molar-refractivity contribution in [3.63, 3.8) is 0 Å². The van der Waals surface area contributed by atoms with E-state index in [0.29, 0.717) is 19.5 Å². The maximum absolute atomic E-state index is 11.6. The molecule has 0 fully saturated rings. The average Bonchev–Trinajstić information content (AvgIpc) is 1.99. The van der Waals surface area contributed by atoms with Crippen LogP contribution in [0, 0.1) is 0 Å². The van der Waals surface area contributed by atoms with Crippen molar-refractivity contribution in [3.05, 3.63) is 0 Å². The van der Waals surface area contributed by atoms with Crippen LogP contribution in [0.1, 0.15) is 13.3 Å². The lowest BCUT2D eigenvalue weighted by atomic mass is 10.3. The molecule has 0 saturated carbocycles. The molecule has 0 saturated heterocycles. The molecule has 0 radical (unpaired) electrons. The number of rotatable bonds is 7. The first-order valence-electron chi connectivity index (χ1n) is 4.82. The molecule has 0 aliphatic heterocycles. The number of alkyl halides is 3. The minimum atomic E-state index is -4.24. The van der Waals surface area contributed by atoms with Gasteiger partial charge in [-0.2, -0.15) is 13.2 Å². The van der Waals surface area contributed by atoms with E-state index < -0.39 is 18.9 Å². The minimum Gasteiger partial charge on any atom is -0.392 e. The lowest BCUT2D eigenvalue weighted by molar-refractivity contribution is -0.174. The maximum Gasteiger partial charge on any atom is 0.411 e. The zero-order valence-electron chi connectivity index (χ0n) is 9.05. The van der Waals surface area contributed by atoms with Gasteiger partial charge in [-0.3, -0.25) is 0 Å². The predicted octanol–water partition coefficient (Wildman–Crippen LogP) is 1.27. The molecular weight excluding hydrogens is 211 g/mol. The van der Waals surface area contributed by atoms with E-state index in [-0.39, 0.29) is 6.61 Å². The van der Waals surface area contributed by atoms with Crippen molar-refractivity contribution in [2.75, 3.05) is 33.4 Å². The fraction of sp³-hybridized carbons (Fsp3) is 1.00. The van der Waals surface area contributed by atoms with Crippen LogP contribution < -0.4 is 0 Å². The first-order chi connectivity index (χ1) is 6.81. The molecule has 1 atom stereocenters. The van der Waals surface area contributed by atoms with Crippen molar-refractivity contribution in [3.8, 4) is 0 Å². The lowest BCUT2D eigenvalue weighted by Crippen LogP contribution is -2.29. The number of aliphatic hydroxyl groups is 1. The highest BCUT2D eigenvalue weighted by Gasteiger charge is 2.27. The van der Waals surface area contributed by atoms with Crippen molar-refractivity contribution in [1.82, 2.24) is 4.90 Å². The van der Waals surface area contributed by atoms with Gasteiger partial charge in [-0.25, -0.2) is 0 Å². The summed E-state index contributed by atoms with van der Waals surface area (Å²) in [7, 11) is 1.80. The molecule has 0 aliphatic carbocycles. The smallest absolute Gasteiger partial charge is 0.392 e. The Labute approximate surface area is 87.8 Å². The van der Waals surface area contributed by atoms with Gasteiger partial charge >= 0.3 is 6.18 Å². The molecule has 0 aromatic rings. The first kappa shape index (κ1) is 14.7. The SMILES string of the molecule is CC(O)CN(C)CCCOCC(F)(F)F. The zero-order chi connectivity index (χ0) is 11.9. The van der Waals surface area contributed by atoms with Crippen molar-refractivity contribution in [2.24, 2.45) is 0 Å². The van der Waals surface area contributed by atoms with Crippen molar-refractivity contribution >= 4 is 0 Å². The van der Waals surface area contributed by atoms with Crippen molar-refractivity contribution < 1.29 is 23.0 Å². The molecule has 6 heteroatoms. The number of nitrogens with zero attached hydrogens (tertiary/aromatic N) is 1. The molecule has 0 aliphatic rings. The molecule has 0 aromatic heterocycles. The fourth-order valence-corrected chi connectivity index (χ4v) is 1.17. The second kappa shape index (κ2) is 7.03. The number of ether oxygens (including phenoxy) is 1. The molecule has 0 rings (SSSR count). The first-order valence-corrected chi connectivity index (χ1v) is 4.82. The van der Waals surface area contributed by atoms with Crippen LogP contribution in [-0.2, 0) is 4.74 Å². The van der Waals surface area contributed by atoms with Crippen LogP contribution in [0.15, 0.2) is 0 Å². The van der Waals surface area contributed by atoms with E-state index in [1.54, 1.807) is 14.0 Å². The van der Waals surface area contributed by atoms with Gasteiger partial charge in [0, 0.05) is 19.7 Å². The summed E-state index contributed by atoms with van der Waals surface area (Å²) in [5.74, 6) is 0. The summed E-state index contributed by atoms with van der Waals surface area (Å²) in [6.45, 7) is 1.69. The highest BCUT2D eigenvalue weighted by molar-refractivity contribution is 4.56. The standard InChI is InChI=1S/C9H18F3NO2/c1-8(14)6-13(2)4-3-5-15-7-9(10,11)12/h8,14H,3-7H2,1-2H3. The van der Waals surface area contributed by atoms with Crippen LogP contribution in [-0.4, -0.2) is 55.6 Å². The molecule has 15 heavy (non-hydrogen) atoms. The van der Waals surface area contributed by atoms with Crippen LogP contribution >= 0.6 is 0 Å². The molecular formula is C9H18F3NO2. The van der Waals surface area contributed by atoms with Gasteiger partial charge in [-0.1, -0.05) is 0 Å². The van der Waals surface area contributed by atoms with E-state index in [0.717, 1.165) is 0 Å². The van der Waals surface area contributed by atoms with E-state index in [2.05, 4.69) is 4.74 Å². The average molecular weight is 229 g/mol. The Kier molecular flexibility index (Phi) is 6.87. The van der Waals surface area contributed by atoms with E-state index >= 15 is 0 Å². The predicted molar refractivity (Wildman–Crippen MR) is 50.7 cm³/mol. The third-order valence-corrected chi connectivity index (χ3v) is 1.67. The van der Waals surface area contributed by atoms with Crippen LogP contribution in [0.5, 0.6) is 0 Å². The Morgan fingerprint density at radius 1 is 1.40 bits per heavy atom. The van der Waals surface area contributed by atoms with Gasteiger partial charge in [-0.15, -0.1) is 0 Å². The number of hydrogen-bond acceptors (Lipinski definition) is 3. The molecule has 0 aromatic carbocycles. The van der Waals surface area contributed by atoms with Gasteiger partial charge in [0.2, 0.25) is 0 Å². The van der Waals surface area contributed by atoms with Crippen molar-refractivity contribution in [2.45, 2.75) is 25.6 Å². The third kappa shape index (κ3) is 11.6. The van der Waals surface area contributed by atoms with E-state index in [4.69, 9.17) is 5.11 Å². The van der Waals surface area contributed by atoms with Gasteiger partial charge < -0.3 is 14.7 Å². The summed E-state index contributed by atoms with van der Waals surface area (Å²) in [6, 6.07) is 0. The van der Waals surface area contributed by atoms with Gasteiger partial charge in [0.25, 0.3) is 0 Å². The van der Waals surface area contributed by atoms with Gasteiger partial charge in [-0.05, 0) is 20.4 Å². The van der Waals surface area contributed by atoms with Gasteiger partial charge in [0.05, 0.1) is 6.10 Å². The fourth-order valence-electron chi connectivity index (χ4n) is 1.17. The van der Waals surface area contributed by atoms with Crippen molar-refractivity contribution in [1.29, 1.82) is 0 Å². The summed E-state index contributed by atoms with van der Waals surface area (Å²) in [5.41, 5.74) is 0. The third-order valence-electron chi connectivity index (χ3n) is 1.67. The summed E-state index contributed by atoms with van der Waals surface area (Å²) < 4.78 is 39.4. The Morgan fingerprint density at radius 2 is 2.00 bits per heavy atom. The van der Waals surface area contributed by atoms with Crippen LogP contribution in [0.25, 0.3) is 0 Å². The number of hydrogen-bond donors (Lipinski definition) is 1. The number of aliphatic hydroxyl groups excluding tert-OH is 1. The topological polar surface area (TPSA) is 32.7 Å². The summed E-state index contributed by atoms with van der Waals surface area (Å²) in [5, 5.41) is 9.01. The largest absolute Gasteiger partial charge is 0.411 e. The Bertz CT molecular complexity index is 162. The zero-order valence-corrected chi connectivity index (χ0v) is 9.05. The van der Waals surface area contributed by atoms with Crippen LogP contribution in [0.3, 0.4) is 0 Å². The minimum absolute atomic E-state index is 0.0870. The normalized spacial score (nSPS) is 14.6. The van der Waals surface area contributed by atoms with E-state index in [1.807, 2.05) is 4.90 Å². The molecule has 0 bridgehead atoms. The van der Waals surface area contributed by atoms with Gasteiger partial charge in [0.1, 0.15) is 6.61 Å². The van der Waals surface area contributed by atoms with Crippen LogP contribution in [0.2, 0.25) is 0 Å². The molecule has 0 heterocycles. The second-order valence-corrected chi connectivity index (χ2v) is 3.63. The molecule has 0 spiro atoms.